The van der Waals surface area contributed by atoms with Crippen LogP contribution in [0.15, 0.2) is 12.1 Å². The predicted octanol–water partition coefficient (Wildman–Crippen LogP) is 0.679. The minimum absolute atomic E-state index is 0.0749. The second-order valence-corrected chi connectivity index (χ2v) is 3.56. The number of aliphatic hydroxyl groups excluding tert-OH is 1. The molecule has 0 saturated carbocycles. The van der Waals surface area contributed by atoms with E-state index in [2.05, 4.69) is 0 Å². The first-order valence-corrected chi connectivity index (χ1v) is 5.43. The lowest BCUT2D eigenvalue weighted by molar-refractivity contribution is 0.0470. The molecule has 0 radical (unpaired) electrons. The van der Waals surface area contributed by atoms with E-state index in [1.54, 1.807) is 12.1 Å². The van der Waals surface area contributed by atoms with Crippen LogP contribution in [0.25, 0.3) is 0 Å². The summed E-state index contributed by atoms with van der Waals surface area (Å²) in [5.74, 6) is 1.33. The van der Waals surface area contributed by atoms with Crippen molar-refractivity contribution in [1.29, 1.82) is 0 Å². The SMILES string of the molecule is COCOc1c(OC)cc(C(O)CN)cc1OC. The summed E-state index contributed by atoms with van der Waals surface area (Å²) >= 11 is 0. The van der Waals surface area contributed by atoms with Gasteiger partial charge in [-0.2, -0.15) is 0 Å². The van der Waals surface area contributed by atoms with Crippen LogP contribution in [-0.2, 0) is 4.74 Å². The molecule has 3 N–H and O–H groups in total. The van der Waals surface area contributed by atoms with Crippen LogP contribution >= 0.6 is 0 Å². The smallest absolute Gasteiger partial charge is 0.206 e. The molecule has 0 spiro atoms. The van der Waals surface area contributed by atoms with Crippen LogP contribution in [0.1, 0.15) is 11.7 Å². The molecule has 1 rings (SSSR count). The van der Waals surface area contributed by atoms with Gasteiger partial charge in [-0.25, -0.2) is 0 Å². The summed E-state index contributed by atoms with van der Waals surface area (Å²) in [4.78, 5) is 0. The molecule has 0 fully saturated rings. The standard InChI is InChI=1S/C12H19NO5/c1-15-7-18-12-10(16-2)4-8(9(14)6-13)5-11(12)17-3/h4-5,9,14H,6-7,13H2,1-3H3. The summed E-state index contributed by atoms with van der Waals surface area (Å²) < 4.78 is 20.6. The lowest BCUT2D eigenvalue weighted by Crippen LogP contribution is -2.12. The maximum absolute atomic E-state index is 9.73. The van der Waals surface area contributed by atoms with Gasteiger partial charge in [-0.05, 0) is 17.7 Å². The van der Waals surface area contributed by atoms with Crippen LogP contribution in [0.4, 0.5) is 0 Å². The molecule has 102 valence electrons. The fourth-order valence-corrected chi connectivity index (χ4v) is 1.49. The summed E-state index contributed by atoms with van der Waals surface area (Å²) in [6, 6.07) is 3.32. The zero-order chi connectivity index (χ0) is 13.5. The van der Waals surface area contributed by atoms with Gasteiger partial charge in [-0.15, -0.1) is 0 Å². The van der Waals surface area contributed by atoms with E-state index in [0.717, 1.165) is 0 Å². The van der Waals surface area contributed by atoms with Gasteiger partial charge in [-0.3, -0.25) is 0 Å². The normalized spacial score (nSPS) is 12.1. The lowest BCUT2D eigenvalue weighted by atomic mass is 10.1. The van der Waals surface area contributed by atoms with Crippen molar-refractivity contribution in [3.63, 3.8) is 0 Å². The van der Waals surface area contributed by atoms with E-state index in [-0.39, 0.29) is 13.3 Å². The fraction of sp³-hybridized carbons (Fsp3) is 0.500. The first-order valence-electron chi connectivity index (χ1n) is 5.43. The molecule has 1 aromatic carbocycles. The molecule has 6 nitrogen and oxygen atoms in total. The minimum atomic E-state index is -0.774. The molecule has 0 saturated heterocycles. The molecule has 1 aromatic rings. The number of methoxy groups -OCH3 is 3. The third kappa shape index (κ3) is 3.25. The molecule has 0 bridgehead atoms. The van der Waals surface area contributed by atoms with E-state index in [0.29, 0.717) is 22.8 Å². The van der Waals surface area contributed by atoms with Crippen LogP contribution < -0.4 is 19.9 Å². The molecule has 0 aliphatic rings. The number of hydrogen-bond acceptors (Lipinski definition) is 6. The third-order valence-electron chi connectivity index (χ3n) is 2.41. The van der Waals surface area contributed by atoms with Crippen molar-refractivity contribution < 1.29 is 24.1 Å². The maximum Gasteiger partial charge on any atom is 0.206 e. The van der Waals surface area contributed by atoms with E-state index in [1.165, 1.54) is 21.3 Å². The fourth-order valence-electron chi connectivity index (χ4n) is 1.49. The van der Waals surface area contributed by atoms with Gasteiger partial charge in [0.15, 0.2) is 18.3 Å². The molecule has 18 heavy (non-hydrogen) atoms. The van der Waals surface area contributed by atoms with Gasteiger partial charge in [0.1, 0.15) is 0 Å². The molecule has 0 aromatic heterocycles. The Balaban J connectivity index is 3.16. The Morgan fingerprint density at radius 2 is 1.72 bits per heavy atom. The van der Waals surface area contributed by atoms with Crippen molar-refractivity contribution in [1.82, 2.24) is 0 Å². The highest BCUT2D eigenvalue weighted by Crippen LogP contribution is 2.39. The largest absolute Gasteiger partial charge is 0.493 e. The monoisotopic (exact) mass is 257 g/mol. The van der Waals surface area contributed by atoms with Crippen molar-refractivity contribution in [3.05, 3.63) is 17.7 Å². The van der Waals surface area contributed by atoms with E-state index in [1.807, 2.05) is 0 Å². The molecular weight excluding hydrogens is 238 g/mol. The van der Waals surface area contributed by atoms with Gasteiger partial charge in [0.05, 0.1) is 20.3 Å². The van der Waals surface area contributed by atoms with E-state index < -0.39 is 6.10 Å². The highest BCUT2D eigenvalue weighted by atomic mass is 16.7. The highest BCUT2D eigenvalue weighted by molar-refractivity contribution is 5.54. The quantitative estimate of drug-likeness (QED) is 0.699. The first kappa shape index (κ1) is 14.6. The minimum Gasteiger partial charge on any atom is -0.493 e. The Bertz CT molecular complexity index is 358. The van der Waals surface area contributed by atoms with Gasteiger partial charge >= 0.3 is 0 Å². The topological polar surface area (TPSA) is 83.2 Å². The Hall–Kier alpha value is -1.50. The van der Waals surface area contributed by atoms with Crippen molar-refractivity contribution in [2.45, 2.75) is 6.10 Å². The second-order valence-electron chi connectivity index (χ2n) is 3.56. The first-order chi connectivity index (χ1) is 8.67. The Morgan fingerprint density at radius 3 is 2.11 bits per heavy atom. The van der Waals surface area contributed by atoms with E-state index in [9.17, 15) is 5.11 Å². The number of nitrogens with two attached hydrogens (primary N) is 1. The molecule has 0 aliphatic carbocycles. The van der Waals surface area contributed by atoms with Crippen molar-refractivity contribution in [3.8, 4) is 17.2 Å². The van der Waals surface area contributed by atoms with Crippen LogP contribution in [0.2, 0.25) is 0 Å². The summed E-state index contributed by atoms with van der Waals surface area (Å²) in [5, 5.41) is 9.73. The highest BCUT2D eigenvalue weighted by Gasteiger charge is 2.17. The zero-order valence-corrected chi connectivity index (χ0v) is 10.8. The zero-order valence-electron chi connectivity index (χ0n) is 10.8. The Morgan fingerprint density at radius 1 is 1.17 bits per heavy atom. The third-order valence-corrected chi connectivity index (χ3v) is 2.41. The van der Waals surface area contributed by atoms with E-state index >= 15 is 0 Å². The maximum atomic E-state index is 9.73. The van der Waals surface area contributed by atoms with Gasteiger partial charge in [0, 0.05) is 13.7 Å². The molecule has 0 heterocycles. The molecule has 0 amide bonds. The van der Waals surface area contributed by atoms with E-state index in [4.69, 9.17) is 24.7 Å². The van der Waals surface area contributed by atoms with Gasteiger partial charge in [0.25, 0.3) is 0 Å². The molecular formula is C12H19NO5. The molecule has 1 atom stereocenters. The van der Waals surface area contributed by atoms with Crippen LogP contribution in [0.3, 0.4) is 0 Å². The Kier molecular flexibility index (Phi) is 5.70. The Labute approximate surface area is 106 Å². The van der Waals surface area contributed by atoms with Crippen molar-refractivity contribution >= 4 is 0 Å². The summed E-state index contributed by atoms with van der Waals surface area (Å²) in [5.41, 5.74) is 6.03. The number of hydrogen-bond donors (Lipinski definition) is 2. The predicted molar refractivity (Wildman–Crippen MR) is 66.1 cm³/mol. The van der Waals surface area contributed by atoms with Gasteiger partial charge < -0.3 is 29.8 Å². The molecule has 1 unspecified atom stereocenters. The summed E-state index contributed by atoms with van der Waals surface area (Å²) in [6.07, 6.45) is -0.774. The average Bonchev–Trinajstić information content (AvgIpc) is 2.43. The average molecular weight is 257 g/mol. The van der Waals surface area contributed by atoms with Crippen LogP contribution in [0.5, 0.6) is 17.2 Å². The second kappa shape index (κ2) is 7.05. The number of ether oxygens (including phenoxy) is 4. The van der Waals surface area contributed by atoms with Crippen LogP contribution in [0, 0.1) is 0 Å². The van der Waals surface area contributed by atoms with Crippen LogP contribution in [-0.4, -0.2) is 39.8 Å². The molecule has 0 aliphatic heterocycles. The lowest BCUT2D eigenvalue weighted by Gasteiger charge is -2.17. The van der Waals surface area contributed by atoms with Crippen molar-refractivity contribution in [2.75, 3.05) is 34.7 Å². The van der Waals surface area contributed by atoms with Crippen molar-refractivity contribution in [2.24, 2.45) is 5.73 Å². The van der Waals surface area contributed by atoms with Gasteiger partial charge in [0.2, 0.25) is 5.75 Å². The number of aliphatic hydroxyl groups is 1. The van der Waals surface area contributed by atoms with Gasteiger partial charge in [-0.1, -0.05) is 0 Å². The molecule has 6 heteroatoms. The summed E-state index contributed by atoms with van der Waals surface area (Å²) in [6.45, 7) is 0.191. The number of rotatable bonds is 7. The summed E-state index contributed by atoms with van der Waals surface area (Å²) in [7, 11) is 4.53. The number of benzene rings is 1.